The molecule has 3 rings (SSSR count). The number of ether oxygens (including phenoxy) is 1. The van der Waals surface area contributed by atoms with E-state index in [1.165, 1.54) is 18.4 Å². The van der Waals surface area contributed by atoms with Gasteiger partial charge in [-0.25, -0.2) is 0 Å². The van der Waals surface area contributed by atoms with Crippen molar-refractivity contribution in [2.45, 2.75) is 57.6 Å². The first-order valence-corrected chi connectivity index (χ1v) is 8.87. The van der Waals surface area contributed by atoms with Gasteiger partial charge in [-0.15, -0.1) is 0 Å². The van der Waals surface area contributed by atoms with Gasteiger partial charge in [0.05, 0.1) is 6.04 Å². The van der Waals surface area contributed by atoms with Crippen LogP contribution in [0, 0.1) is 5.92 Å². The maximum absolute atomic E-state index is 6.42. The van der Waals surface area contributed by atoms with Crippen molar-refractivity contribution in [1.82, 2.24) is 10.6 Å². The summed E-state index contributed by atoms with van der Waals surface area (Å²) in [6.07, 6.45) is 5.89. The summed E-state index contributed by atoms with van der Waals surface area (Å²) in [5.74, 6) is 2.52. The summed E-state index contributed by atoms with van der Waals surface area (Å²) in [6, 6.07) is 8.69. The third kappa shape index (κ3) is 3.62. The number of fused-ring (bicyclic) bond motifs is 1. The van der Waals surface area contributed by atoms with Crippen LogP contribution in [0.25, 0.3) is 0 Å². The highest BCUT2D eigenvalue weighted by molar-refractivity contribution is 5.80. The molecule has 126 valence electrons. The van der Waals surface area contributed by atoms with E-state index in [0.717, 1.165) is 37.5 Å². The van der Waals surface area contributed by atoms with Crippen molar-refractivity contribution in [3.05, 3.63) is 29.8 Å². The maximum atomic E-state index is 6.42. The second kappa shape index (κ2) is 6.81. The predicted octanol–water partition coefficient (Wildman–Crippen LogP) is 3.64. The maximum Gasteiger partial charge on any atom is 0.191 e. The van der Waals surface area contributed by atoms with Crippen molar-refractivity contribution in [2.24, 2.45) is 10.9 Å². The number of nitrogens with one attached hydrogen (secondary N) is 2. The molecule has 4 nitrogen and oxygen atoms in total. The molecule has 1 spiro atoms. The molecule has 1 aliphatic carbocycles. The topological polar surface area (TPSA) is 45.7 Å². The summed E-state index contributed by atoms with van der Waals surface area (Å²) in [7, 11) is 1.84. The fourth-order valence-electron chi connectivity index (χ4n) is 3.73. The Hall–Kier alpha value is -1.71. The summed E-state index contributed by atoms with van der Waals surface area (Å²) in [5, 5.41) is 7.05. The quantitative estimate of drug-likeness (QED) is 0.661. The van der Waals surface area contributed by atoms with Crippen molar-refractivity contribution in [3.8, 4) is 5.75 Å². The van der Waals surface area contributed by atoms with E-state index in [4.69, 9.17) is 4.74 Å². The van der Waals surface area contributed by atoms with Gasteiger partial charge in [0.25, 0.3) is 0 Å². The minimum atomic E-state index is 0.0168. The van der Waals surface area contributed by atoms with E-state index < -0.39 is 0 Å². The lowest BCUT2D eigenvalue weighted by Crippen LogP contribution is -2.47. The molecular weight excluding hydrogens is 286 g/mol. The first-order chi connectivity index (χ1) is 11.1. The molecule has 2 N–H and O–H groups in total. The highest BCUT2D eigenvalue weighted by atomic mass is 16.5. The molecule has 1 unspecified atom stereocenters. The van der Waals surface area contributed by atoms with Gasteiger partial charge in [-0.1, -0.05) is 32.0 Å². The van der Waals surface area contributed by atoms with Crippen molar-refractivity contribution in [1.29, 1.82) is 0 Å². The molecule has 0 aromatic heterocycles. The van der Waals surface area contributed by atoms with Crippen LogP contribution in [0.3, 0.4) is 0 Å². The van der Waals surface area contributed by atoms with Crippen LogP contribution in [0.5, 0.6) is 5.75 Å². The Labute approximate surface area is 139 Å². The number of hydrogen-bond acceptors (Lipinski definition) is 2. The lowest BCUT2D eigenvalue weighted by molar-refractivity contribution is 0.0396. The minimum absolute atomic E-state index is 0.0168. The lowest BCUT2D eigenvalue weighted by atomic mass is 9.86. The molecule has 1 aliphatic heterocycles. The molecule has 1 atom stereocenters. The largest absolute Gasteiger partial charge is 0.487 e. The number of rotatable bonds is 3. The van der Waals surface area contributed by atoms with Gasteiger partial charge in [0.15, 0.2) is 5.96 Å². The highest BCUT2D eigenvalue weighted by Crippen LogP contribution is 2.46. The number of para-hydroxylation sites is 1. The van der Waals surface area contributed by atoms with Crippen LogP contribution in [0.1, 0.15) is 57.6 Å². The molecule has 1 fully saturated rings. The van der Waals surface area contributed by atoms with E-state index in [-0.39, 0.29) is 11.6 Å². The Balaban J connectivity index is 1.79. The molecule has 1 aromatic carbocycles. The summed E-state index contributed by atoms with van der Waals surface area (Å²) < 4.78 is 6.42. The highest BCUT2D eigenvalue weighted by Gasteiger charge is 2.43. The second-order valence-corrected chi connectivity index (χ2v) is 7.28. The number of nitrogens with zero attached hydrogens (tertiary/aromatic N) is 1. The molecular formula is C19H29N3O. The van der Waals surface area contributed by atoms with Crippen LogP contribution in [-0.4, -0.2) is 25.2 Å². The van der Waals surface area contributed by atoms with E-state index in [1.807, 2.05) is 7.05 Å². The smallest absolute Gasteiger partial charge is 0.191 e. The van der Waals surface area contributed by atoms with E-state index in [0.29, 0.717) is 5.92 Å². The van der Waals surface area contributed by atoms with Crippen LogP contribution < -0.4 is 15.4 Å². The van der Waals surface area contributed by atoms with E-state index in [1.54, 1.807) is 0 Å². The summed E-state index contributed by atoms with van der Waals surface area (Å²) in [4.78, 5) is 4.40. The summed E-state index contributed by atoms with van der Waals surface area (Å²) in [5.41, 5.74) is 1.26. The SMILES string of the molecule is CN=C(NCC(C)C)NC1CC2(CCCC2)Oc2ccccc21. The normalized spacial score (nSPS) is 22.8. The molecule has 0 bridgehead atoms. The Morgan fingerprint density at radius 3 is 2.74 bits per heavy atom. The van der Waals surface area contributed by atoms with Crippen LogP contribution >= 0.6 is 0 Å². The van der Waals surface area contributed by atoms with Gasteiger partial charge >= 0.3 is 0 Å². The van der Waals surface area contributed by atoms with Gasteiger partial charge in [0.2, 0.25) is 0 Å². The predicted molar refractivity (Wildman–Crippen MR) is 95.0 cm³/mol. The van der Waals surface area contributed by atoms with E-state index in [9.17, 15) is 0 Å². The Bertz CT molecular complexity index is 561. The number of aliphatic imine (C=N–C) groups is 1. The molecule has 1 heterocycles. The zero-order valence-corrected chi connectivity index (χ0v) is 14.6. The third-order valence-electron chi connectivity index (χ3n) is 4.92. The van der Waals surface area contributed by atoms with Crippen LogP contribution in [-0.2, 0) is 0 Å². The zero-order chi connectivity index (χ0) is 16.3. The van der Waals surface area contributed by atoms with Crippen molar-refractivity contribution < 1.29 is 4.74 Å². The molecule has 23 heavy (non-hydrogen) atoms. The average molecular weight is 315 g/mol. The van der Waals surface area contributed by atoms with Crippen molar-refractivity contribution in [3.63, 3.8) is 0 Å². The fraction of sp³-hybridized carbons (Fsp3) is 0.632. The van der Waals surface area contributed by atoms with Gasteiger partial charge in [0.1, 0.15) is 11.4 Å². The fourth-order valence-corrected chi connectivity index (χ4v) is 3.73. The van der Waals surface area contributed by atoms with Gasteiger partial charge in [-0.3, -0.25) is 4.99 Å². The minimum Gasteiger partial charge on any atom is -0.487 e. The van der Waals surface area contributed by atoms with E-state index >= 15 is 0 Å². The average Bonchev–Trinajstić information content (AvgIpc) is 2.98. The molecule has 0 saturated heterocycles. The number of guanidine groups is 1. The molecule has 0 radical (unpaired) electrons. The first-order valence-electron chi connectivity index (χ1n) is 8.87. The molecule has 0 amide bonds. The molecule has 1 saturated carbocycles. The Kier molecular flexibility index (Phi) is 4.79. The van der Waals surface area contributed by atoms with Crippen molar-refractivity contribution >= 4 is 5.96 Å². The monoisotopic (exact) mass is 315 g/mol. The van der Waals surface area contributed by atoms with Crippen LogP contribution in [0.2, 0.25) is 0 Å². The number of benzene rings is 1. The van der Waals surface area contributed by atoms with Crippen LogP contribution in [0.4, 0.5) is 0 Å². The van der Waals surface area contributed by atoms with Crippen molar-refractivity contribution in [2.75, 3.05) is 13.6 Å². The molecule has 2 aliphatic rings. The van der Waals surface area contributed by atoms with Gasteiger partial charge in [0, 0.05) is 25.6 Å². The van der Waals surface area contributed by atoms with Gasteiger partial charge < -0.3 is 15.4 Å². The zero-order valence-electron chi connectivity index (χ0n) is 14.6. The third-order valence-corrected chi connectivity index (χ3v) is 4.92. The lowest BCUT2D eigenvalue weighted by Gasteiger charge is -2.40. The van der Waals surface area contributed by atoms with Crippen LogP contribution in [0.15, 0.2) is 29.3 Å². The van der Waals surface area contributed by atoms with E-state index in [2.05, 4.69) is 53.7 Å². The summed E-state index contributed by atoms with van der Waals surface area (Å²) in [6.45, 7) is 5.34. The Morgan fingerprint density at radius 1 is 1.30 bits per heavy atom. The molecule has 4 heteroatoms. The van der Waals surface area contributed by atoms with Gasteiger partial charge in [-0.05, 0) is 37.7 Å². The Morgan fingerprint density at radius 2 is 2.04 bits per heavy atom. The first kappa shape index (κ1) is 16.2. The number of hydrogen-bond donors (Lipinski definition) is 2. The standard InChI is InChI=1S/C19H29N3O/c1-14(2)13-21-18(20-3)22-16-12-19(10-6-7-11-19)23-17-9-5-4-8-15(16)17/h4-5,8-9,14,16H,6-7,10-13H2,1-3H3,(H2,20,21,22). The summed E-state index contributed by atoms with van der Waals surface area (Å²) >= 11 is 0. The van der Waals surface area contributed by atoms with Gasteiger partial charge in [-0.2, -0.15) is 0 Å². The molecule has 1 aromatic rings. The second-order valence-electron chi connectivity index (χ2n) is 7.28.